The maximum absolute atomic E-state index is 12.2. The first-order chi connectivity index (χ1) is 9.22. The molecule has 0 saturated heterocycles. The molecule has 0 heterocycles. The van der Waals surface area contributed by atoms with Crippen molar-refractivity contribution in [1.82, 2.24) is 5.32 Å². The SMILES string of the molecule is COc1ccc(S(=O)(=O)Cl)c(OC)c1C(=O)NC(C)C. The van der Waals surface area contributed by atoms with Crippen LogP contribution in [0.4, 0.5) is 0 Å². The van der Waals surface area contributed by atoms with E-state index in [2.05, 4.69) is 5.32 Å². The van der Waals surface area contributed by atoms with Gasteiger partial charge in [0, 0.05) is 16.7 Å². The van der Waals surface area contributed by atoms with Crippen molar-refractivity contribution in [1.29, 1.82) is 0 Å². The highest BCUT2D eigenvalue weighted by Crippen LogP contribution is 2.36. The first kappa shape index (κ1) is 16.6. The average Bonchev–Trinajstić information content (AvgIpc) is 2.34. The standard InChI is InChI=1S/C12H16ClNO5S/c1-7(2)14-12(15)10-8(18-3)5-6-9(11(10)19-4)20(13,16)17/h5-7H,1-4H3,(H,14,15). The maximum atomic E-state index is 12.2. The zero-order chi connectivity index (χ0) is 15.5. The van der Waals surface area contributed by atoms with E-state index in [1.54, 1.807) is 13.8 Å². The van der Waals surface area contributed by atoms with Gasteiger partial charge in [0.15, 0.2) is 5.75 Å². The van der Waals surface area contributed by atoms with Gasteiger partial charge in [-0.05, 0) is 26.0 Å². The summed E-state index contributed by atoms with van der Waals surface area (Å²) in [5.41, 5.74) is -0.00887. The summed E-state index contributed by atoms with van der Waals surface area (Å²) in [5, 5.41) is 2.65. The normalized spacial score (nSPS) is 11.3. The zero-order valence-corrected chi connectivity index (χ0v) is 13.1. The molecule has 0 saturated carbocycles. The van der Waals surface area contributed by atoms with Crippen LogP contribution in [-0.4, -0.2) is 34.6 Å². The summed E-state index contributed by atoms with van der Waals surface area (Å²) in [6.07, 6.45) is 0. The molecule has 1 N–H and O–H groups in total. The molecule has 0 aliphatic carbocycles. The highest BCUT2D eigenvalue weighted by Gasteiger charge is 2.27. The van der Waals surface area contributed by atoms with Crippen LogP contribution >= 0.6 is 10.7 Å². The fraction of sp³-hybridized carbons (Fsp3) is 0.417. The number of carbonyl (C=O) groups excluding carboxylic acids is 1. The van der Waals surface area contributed by atoms with Crippen LogP contribution in [0.5, 0.6) is 11.5 Å². The molecule has 8 heteroatoms. The molecule has 1 aromatic rings. The third-order valence-corrected chi connectivity index (χ3v) is 3.76. The van der Waals surface area contributed by atoms with E-state index in [1.807, 2.05) is 0 Å². The van der Waals surface area contributed by atoms with Crippen LogP contribution in [0.1, 0.15) is 24.2 Å². The lowest BCUT2D eigenvalue weighted by Gasteiger charge is -2.16. The monoisotopic (exact) mass is 321 g/mol. The number of hydrogen-bond donors (Lipinski definition) is 1. The van der Waals surface area contributed by atoms with Gasteiger partial charge in [0.1, 0.15) is 16.2 Å². The van der Waals surface area contributed by atoms with Gasteiger partial charge in [-0.3, -0.25) is 4.79 Å². The fourth-order valence-electron chi connectivity index (χ4n) is 1.66. The second kappa shape index (κ2) is 6.32. The molecule has 112 valence electrons. The van der Waals surface area contributed by atoms with Crippen LogP contribution in [-0.2, 0) is 9.05 Å². The van der Waals surface area contributed by atoms with Crippen LogP contribution < -0.4 is 14.8 Å². The fourth-order valence-corrected chi connectivity index (χ4v) is 2.66. The van der Waals surface area contributed by atoms with Crippen molar-refractivity contribution in [3.8, 4) is 11.5 Å². The van der Waals surface area contributed by atoms with E-state index < -0.39 is 15.0 Å². The van der Waals surface area contributed by atoms with E-state index in [0.717, 1.165) is 0 Å². The van der Waals surface area contributed by atoms with Crippen molar-refractivity contribution in [3.63, 3.8) is 0 Å². The molecule has 0 spiro atoms. The first-order valence-corrected chi connectivity index (χ1v) is 8.03. The van der Waals surface area contributed by atoms with Gasteiger partial charge in [-0.25, -0.2) is 8.42 Å². The summed E-state index contributed by atoms with van der Waals surface area (Å²) in [6, 6.07) is 2.45. The van der Waals surface area contributed by atoms with E-state index in [9.17, 15) is 13.2 Å². The van der Waals surface area contributed by atoms with Gasteiger partial charge >= 0.3 is 0 Å². The lowest BCUT2D eigenvalue weighted by Crippen LogP contribution is -2.31. The molecule has 1 rings (SSSR count). The van der Waals surface area contributed by atoms with Crippen LogP contribution in [0, 0.1) is 0 Å². The van der Waals surface area contributed by atoms with E-state index in [4.69, 9.17) is 20.2 Å². The van der Waals surface area contributed by atoms with Crippen molar-refractivity contribution in [3.05, 3.63) is 17.7 Å². The van der Waals surface area contributed by atoms with Crippen LogP contribution in [0.3, 0.4) is 0 Å². The van der Waals surface area contributed by atoms with E-state index in [1.165, 1.54) is 26.4 Å². The molecular weight excluding hydrogens is 306 g/mol. The average molecular weight is 322 g/mol. The van der Waals surface area contributed by atoms with E-state index in [0.29, 0.717) is 0 Å². The highest BCUT2D eigenvalue weighted by atomic mass is 35.7. The van der Waals surface area contributed by atoms with Crippen LogP contribution in [0.25, 0.3) is 0 Å². The molecule has 1 amide bonds. The molecule has 1 aromatic carbocycles. The van der Waals surface area contributed by atoms with Gasteiger partial charge in [0.25, 0.3) is 15.0 Å². The number of amides is 1. The Balaban J connectivity index is 3.57. The molecule has 0 unspecified atom stereocenters. The Labute approximate surface area is 122 Å². The Morgan fingerprint density at radius 3 is 2.25 bits per heavy atom. The second-order valence-electron chi connectivity index (χ2n) is 4.24. The van der Waals surface area contributed by atoms with E-state index >= 15 is 0 Å². The Morgan fingerprint density at radius 1 is 1.25 bits per heavy atom. The largest absolute Gasteiger partial charge is 0.496 e. The van der Waals surface area contributed by atoms with Crippen LogP contribution in [0.15, 0.2) is 17.0 Å². The number of rotatable bonds is 5. The van der Waals surface area contributed by atoms with Crippen molar-refractivity contribution in [2.45, 2.75) is 24.8 Å². The van der Waals surface area contributed by atoms with Gasteiger partial charge in [0.2, 0.25) is 0 Å². The molecule has 20 heavy (non-hydrogen) atoms. The number of hydrogen-bond acceptors (Lipinski definition) is 5. The smallest absolute Gasteiger partial charge is 0.265 e. The van der Waals surface area contributed by atoms with Gasteiger partial charge < -0.3 is 14.8 Å². The predicted molar refractivity (Wildman–Crippen MR) is 75.2 cm³/mol. The molecule has 6 nitrogen and oxygen atoms in total. The lowest BCUT2D eigenvalue weighted by molar-refractivity contribution is 0.0936. The molecule has 0 aliphatic heterocycles. The summed E-state index contributed by atoms with van der Waals surface area (Å²) in [4.78, 5) is 11.9. The Morgan fingerprint density at radius 2 is 1.85 bits per heavy atom. The van der Waals surface area contributed by atoms with Crippen molar-refractivity contribution in [2.75, 3.05) is 14.2 Å². The molecule has 0 aromatic heterocycles. The van der Waals surface area contributed by atoms with Crippen molar-refractivity contribution < 1.29 is 22.7 Å². The topological polar surface area (TPSA) is 81.7 Å². The molecule has 0 fully saturated rings. The minimum absolute atomic E-state index is 0.00887. The number of methoxy groups -OCH3 is 2. The van der Waals surface area contributed by atoms with Gasteiger partial charge in [-0.1, -0.05) is 0 Å². The lowest BCUT2D eigenvalue weighted by atomic mass is 10.1. The number of carbonyl (C=O) groups is 1. The Kier molecular flexibility index (Phi) is 5.24. The number of nitrogens with one attached hydrogen (secondary N) is 1. The Bertz CT molecular complexity index is 613. The third kappa shape index (κ3) is 3.55. The summed E-state index contributed by atoms with van der Waals surface area (Å²) < 4.78 is 33.2. The Hall–Kier alpha value is -1.47. The second-order valence-corrected chi connectivity index (χ2v) is 6.77. The van der Waals surface area contributed by atoms with Gasteiger partial charge in [0.05, 0.1) is 14.2 Å². The number of ether oxygens (including phenoxy) is 2. The maximum Gasteiger partial charge on any atom is 0.265 e. The number of halogens is 1. The predicted octanol–water partition coefficient (Wildman–Crippen LogP) is 1.77. The molecular formula is C12H16ClNO5S. The van der Waals surface area contributed by atoms with Crippen LogP contribution in [0.2, 0.25) is 0 Å². The minimum atomic E-state index is -4.04. The molecule has 0 atom stereocenters. The third-order valence-electron chi connectivity index (χ3n) is 2.42. The summed E-state index contributed by atoms with van der Waals surface area (Å²) in [7, 11) is 3.92. The van der Waals surface area contributed by atoms with Crippen molar-refractivity contribution >= 4 is 25.6 Å². The summed E-state index contributed by atoms with van der Waals surface area (Å²) in [5.74, 6) is -0.447. The highest BCUT2D eigenvalue weighted by molar-refractivity contribution is 8.13. The van der Waals surface area contributed by atoms with Crippen molar-refractivity contribution in [2.24, 2.45) is 0 Å². The summed E-state index contributed by atoms with van der Waals surface area (Å²) in [6.45, 7) is 3.55. The minimum Gasteiger partial charge on any atom is -0.496 e. The molecule has 0 radical (unpaired) electrons. The summed E-state index contributed by atoms with van der Waals surface area (Å²) >= 11 is 0. The molecule has 0 bridgehead atoms. The van der Waals surface area contributed by atoms with E-state index in [-0.39, 0.29) is 28.0 Å². The number of benzene rings is 1. The first-order valence-electron chi connectivity index (χ1n) is 5.72. The van der Waals surface area contributed by atoms with Gasteiger partial charge in [-0.2, -0.15) is 0 Å². The van der Waals surface area contributed by atoms with Gasteiger partial charge in [-0.15, -0.1) is 0 Å². The quantitative estimate of drug-likeness (QED) is 0.836. The molecule has 0 aliphatic rings. The zero-order valence-electron chi connectivity index (χ0n) is 11.6.